The predicted octanol–water partition coefficient (Wildman–Crippen LogP) is 4.28. The van der Waals surface area contributed by atoms with Crippen molar-refractivity contribution < 1.29 is 32.2 Å². The molecule has 2 rings (SSSR count). The molecule has 0 aliphatic rings. The molecule has 0 aliphatic heterocycles. The van der Waals surface area contributed by atoms with Gasteiger partial charge < -0.3 is 19.1 Å². The minimum atomic E-state index is -4.74. The number of methoxy groups -OCH3 is 1. The van der Waals surface area contributed by atoms with Crippen LogP contribution in [0.1, 0.15) is 24.0 Å². The molecule has 2 aromatic rings. The van der Waals surface area contributed by atoms with Crippen LogP contribution in [0.25, 0.3) is 0 Å². The van der Waals surface area contributed by atoms with E-state index >= 15 is 0 Å². The van der Waals surface area contributed by atoms with Crippen LogP contribution in [0.4, 0.5) is 13.2 Å². The number of nitrogens with zero attached hydrogens (tertiary/aromatic N) is 2. The fourth-order valence-electron chi connectivity index (χ4n) is 2.61. The lowest BCUT2D eigenvalue weighted by Gasteiger charge is -2.18. The molecule has 0 aromatic heterocycles. The summed E-state index contributed by atoms with van der Waals surface area (Å²) in [5.41, 5.74) is 1.13. The molecule has 30 heavy (non-hydrogen) atoms. The molecule has 0 saturated heterocycles. The zero-order chi connectivity index (χ0) is 22.1. The number of rotatable bonds is 9. The summed E-state index contributed by atoms with van der Waals surface area (Å²) < 4.78 is 51.2. The van der Waals surface area contributed by atoms with Gasteiger partial charge in [0.05, 0.1) is 25.3 Å². The Morgan fingerprint density at radius 3 is 2.43 bits per heavy atom. The normalized spacial score (nSPS) is 10.8. The first-order valence-electron chi connectivity index (χ1n) is 9.01. The highest BCUT2D eigenvalue weighted by atomic mass is 19.4. The van der Waals surface area contributed by atoms with Gasteiger partial charge in [0.1, 0.15) is 5.75 Å². The van der Waals surface area contributed by atoms with Gasteiger partial charge in [-0.15, -0.1) is 13.2 Å². The van der Waals surface area contributed by atoms with Crippen molar-refractivity contribution in [1.82, 2.24) is 4.90 Å². The monoisotopic (exact) mass is 422 g/mol. The topological polar surface area (TPSA) is 71.8 Å². The molecule has 0 N–H and O–H groups in total. The average molecular weight is 422 g/mol. The minimum absolute atomic E-state index is 0.124. The molecular weight excluding hydrogens is 401 g/mol. The van der Waals surface area contributed by atoms with Crippen molar-refractivity contribution in [3.63, 3.8) is 0 Å². The summed E-state index contributed by atoms with van der Waals surface area (Å²) in [4.78, 5) is 13.7. The Balaban J connectivity index is 1.78. The molecule has 6 nitrogen and oxygen atoms in total. The Bertz CT molecular complexity index is 893. The third-order valence-electron chi connectivity index (χ3n) is 4.09. The van der Waals surface area contributed by atoms with E-state index < -0.39 is 6.36 Å². The SMILES string of the molecule is COc1cc(C#N)ccc1OCCCC(=O)N(C)Cc1ccc(OC(F)(F)F)cc1. The Morgan fingerprint density at radius 1 is 1.13 bits per heavy atom. The predicted molar refractivity (Wildman–Crippen MR) is 102 cm³/mol. The highest BCUT2D eigenvalue weighted by Gasteiger charge is 2.30. The van der Waals surface area contributed by atoms with Crippen LogP contribution in [0, 0.1) is 11.3 Å². The van der Waals surface area contributed by atoms with Gasteiger partial charge in [0.25, 0.3) is 0 Å². The van der Waals surface area contributed by atoms with E-state index in [1.54, 1.807) is 25.2 Å². The summed E-state index contributed by atoms with van der Waals surface area (Å²) in [7, 11) is 3.09. The first-order chi connectivity index (χ1) is 14.2. The Kier molecular flexibility index (Phi) is 7.92. The summed E-state index contributed by atoms with van der Waals surface area (Å²) in [5.74, 6) is 0.491. The summed E-state index contributed by atoms with van der Waals surface area (Å²) in [6, 6.07) is 12.2. The zero-order valence-electron chi connectivity index (χ0n) is 16.5. The number of alkyl halides is 3. The number of ether oxygens (including phenoxy) is 3. The molecule has 0 heterocycles. The molecule has 1 amide bonds. The summed E-state index contributed by atoms with van der Waals surface area (Å²) in [6.45, 7) is 0.542. The van der Waals surface area contributed by atoms with Crippen LogP contribution >= 0.6 is 0 Å². The lowest BCUT2D eigenvalue weighted by molar-refractivity contribution is -0.274. The van der Waals surface area contributed by atoms with Crippen LogP contribution < -0.4 is 14.2 Å². The van der Waals surface area contributed by atoms with Crippen LogP contribution in [-0.2, 0) is 11.3 Å². The fourth-order valence-corrected chi connectivity index (χ4v) is 2.61. The summed E-state index contributed by atoms with van der Waals surface area (Å²) >= 11 is 0. The Morgan fingerprint density at radius 2 is 1.83 bits per heavy atom. The third kappa shape index (κ3) is 7.20. The molecule has 2 aromatic carbocycles. The van der Waals surface area contributed by atoms with Gasteiger partial charge in [0.2, 0.25) is 5.91 Å². The summed E-state index contributed by atoms with van der Waals surface area (Å²) in [6.07, 6.45) is -4.03. The number of halogens is 3. The Labute approximate surface area is 172 Å². The van der Waals surface area contributed by atoms with E-state index in [9.17, 15) is 18.0 Å². The second-order valence-corrected chi connectivity index (χ2v) is 6.37. The van der Waals surface area contributed by atoms with E-state index in [2.05, 4.69) is 4.74 Å². The molecule has 0 radical (unpaired) electrons. The van der Waals surface area contributed by atoms with Crippen molar-refractivity contribution in [1.29, 1.82) is 5.26 Å². The van der Waals surface area contributed by atoms with Gasteiger partial charge in [-0.2, -0.15) is 5.26 Å². The standard InChI is InChI=1S/C21H21F3N2O4/c1-26(14-15-5-8-17(9-6-15)30-21(22,23)24)20(27)4-3-11-29-18-10-7-16(13-25)12-19(18)28-2/h5-10,12H,3-4,11,14H2,1-2H3. The van der Waals surface area contributed by atoms with Gasteiger partial charge in [0, 0.05) is 26.1 Å². The highest BCUT2D eigenvalue weighted by molar-refractivity contribution is 5.75. The van der Waals surface area contributed by atoms with E-state index in [-0.39, 0.29) is 31.2 Å². The van der Waals surface area contributed by atoms with Crippen LogP contribution in [0.3, 0.4) is 0 Å². The smallest absolute Gasteiger partial charge is 0.493 e. The maximum Gasteiger partial charge on any atom is 0.573 e. The van der Waals surface area contributed by atoms with Crippen molar-refractivity contribution in [2.75, 3.05) is 20.8 Å². The molecular formula is C21H21F3N2O4. The zero-order valence-corrected chi connectivity index (χ0v) is 16.5. The van der Waals surface area contributed by atoms with Crippen LogP contribution in [0.2, 0.25) is 0 Å². The average Bonchev–Trinajstić information content (AvgIpc) is 2.71. The second kappa shape index (κ2) is 10.4. The van der Waals surface area contributed by atoms with Gasteiger partial charge in [-0.25, -0.2) is 0 Å². The van der Waals surface area contributed by atoms with Crippen molar-refractivity contribution in [2.45, 2.75) is 25.7 Å². The largest absolute Gasteiger partial charge is 0.573 e. The number of hydrogen-bond acceptors (Lipinski definition) is 5. The fraction of sp³-hybridized carbons (Fsp3) is 0.333. The van der Waals surface area contributed by atoms with E-state index in [1.807, 2.05) is 6.07 Å². The molecule has 160 valence electrons. The Hall–Kier alpha value is -3.41. The van der Waals surface area contributed by atoms with Gasteiger partial charge in [0.15, 0.2) is 11.5 Å². The first kappa shape index (κ1) is 22.9. The summed E-state index contributed by atoms with van der Waals surface area (Å²) in [5, 5.41) is 8.90. The molecule has 0 bridgehead atoms. The molecule has 0 spiro atoms. The van der Waals surface area contributed by atoms with E-state index in [0.717, 1.165) is 0 Å². The van der Waals surface area contributed by atoms with E-state index in [1.165, 1.54) is 36.3 Å². The van der Waals surface area contributed by atoms with Crippen LogP contribution in [0.5, 0.6) is 17.2 Å². The van der Waals surface area contributed by atoms with E-state index in [4.69, 9.17) is 14.7 Å². The van der Waals surface area contributed by atoms with Gasteiger partial charge in [-0.05, 0) is 36.2 Å². The minimum Gasteiger partial charge on any atom is -0.493 e. The molecule has 0 saturated carbocycles. The lowest BCUT2D eigenvalue weighted by Crippen LogP contribution is -2.26. The van der Waals surface area contributed by atoms with Gasteiger partial charge in [-0.3, -0.25) is 4.79 Å². The number of hydrogen-bond donors (Lipinski definition) is 0. The molecule has 9 heteroatoms. The third-order valence-corrected chi connectivity index (χ3v) is 4.09. The maximum absolute atomic E-state index is 12.3. The van der Waals surface area contributed by atoms with Gasteiger partial charge >= 0.3 is 6.36 Å². The quantitative estimate of drug-likeness (QED) is 0.564. The number of carbonyl (C=O) groups excluding carboxylic acids is 1. The van der Waals surface area contributed by atoms with Crippen molar-refractivity contribution in [3.05, 3.63) is 53.6 Å². The number of nitriles is 1. The van der Waals surface area contributed by atoms with Gasteiger partial charge in [-0.1, -0.05) is 12.1 Å². The lowest BCUT2D eigenvalue weighted by atomic mass is 10.2. The number of benzene rings is 2. The van der Waals surface area contributed by atoms with Crippen molar-refractivity contribution in [2.24, 2.45) is 0 Å². The molecule has 0 aliphatic carbocycles. The maximum atomic E-state index is 12.3. The second-order valence-electron chi connectivity index (χ2n) is 6.37. The highest BCUT2D eigenvalue weighted by Crippen LogP contribution is 2.28. The number of amides is 1. The van der Waals surface area contributed by atoms with E-state index in [0.29, 0.717) is 29.0 Å². The number of carbonyl (C=O) groups is 1. The van der Waals surface area contributed by atoms with Crippen molar-refractivity contribution >= 4 is 5.91 Å². The molecule has 0 atom stereocenters. The van der Waals surface area contributed by atoms with Crippen molar-refractivity contribution in [3.8, 4) is 23.3 Å². The first-order valence-corrected chi connectivity index (χ1v) is 9.01. The molecule has 0 fully saturated rings. The van der Waals surface area contributed by atoms with Crippen LogP contribution in [0.15, 0.2) is 42.5 Å². The molecule has 0 unspecified atom stereocenters. The van der Waals surface area contributed by atoms with Crippen LogP contribution in [-0.4, -0.2) is 37.9 Å².